The number of anilines is 4. The summed E-state index contributed by atoms with van der Waals surface area (Å²) in [7, 11) is 0. The monoisotopic (exact) mass is 324 g/mol. The van der Waals surface area contributed by atoms with Crippen LogP contribution in [0.15, 0.2) is 48.5 Å². The highest BCUT2D eigenvalue weighted by molar-refractivity contribution is 5.52. The molecule has 0 bridgehead atoms. The first-order chi connectivity index (χ1) is 11.7. The highest BCUT2D eigenvalue weighted by Gasteiger charge is 2.24. The van der Waals surface area contributed by atoms with Crippen molar-refractivity contribution in [3.05, 3.63) is 48.5 Å². The lowest BCUT2D eigenvalue weighted by Gasteiger charge is -2.32. The number of rotatable bonds is 6. The molecule has 0 aromatic heterocycles. The molecule has 1 aliphatic carbocycles. The Kier molecular flexibility index (Phi) is 5.47. The Bertz CT molecular complexity index is 564. The minimum Gasteiger partial charge on any atom is -0.399 e. The predicted octanol–water partition coefficient (Wildman–Crippen LogP) is 4.18. The summed E-state index contributed by atoms with van der Waals surface area (Å²) in [6, 6.07) is 16.0. The van der Waals surface area contributed by atoms with Gasteiger partial charge in [0.25, 0.3) is 0 Å². The van der Waals surface area contributed by atoms with Gasteiger partial charge in [-0.3, -0.25) is 0 Å². The van der Waals surface area contributed by atoms with E-state index in [-0.39, 0.29) is 0 Å². The van der Waals surface area contributed by atoms with Gasteiger partial charge in [-0.2, -0.15) is 0 Å². The Morgan fingerprint density at radius 2 is 1.04 bits per heavy atom. The van der Waals surface area contributed by atoms with Crippen LogP contribution in [0.25, 0.3) is 0 Å². The molecule has 6 N–H and O–H groups in total. The molecule has 2 unspecified atom stereocenters. The van der Waals surface area contributed by atoms with Crippen LogP contribution in [-0.4, -0.2) is 13.1 Å². The maximum Gasteiger partial charge on any atom is 0.0341 e. The zero-order valence-electron chi connectivity index (χ0n) is 14.2. The van der Waals surface area contributed by atoms with Gasteiger partial charge in [0.05, 0.1) is 0 Å². The largest absolute Gasteiger partial charge is 0.399 e. The van der Waals surface area contributed by atoms with Gasteiger partial charge < -0.3 is 22.1 Å². The zero-order chi connectivity index (χ0) is 16.8. The third-order valence-electron chi connectivity index (χ3n) is 5.02. The second-order valence-corrected chi connectivity index (χ2v) is 6.81. The van der Waals surface area contributed by atoms with Crippen LogP contribution in [0.1, 0.15) is 25.7 Å². The molecule has 1 fully saturated rings. The summed E-state index contributed by atoms with van der Waals surface area (Å²) in [5.74, 6) is 1.41. The summed E-state index contributed by atoms with van der Waals surface area (Å²) in [6.45, 7) is 2.05. The molecule has 0 radical (unpaired) electrons. The van der Waals surface area contributed by atoms with Gasteiger partial charge in [-0.15, -0.1) is 0 Å². The summed E-state index contributed by atoms with van der Waals surface area (Å²) < 4.78 is 0. The van der Waals surface area contributed by atoms with Gasteiger partial charge in [0.1, 0.15) is 0 Å². The second kappa shape index (κ2) is 7.95. The van der Waals surface area contributed by atoms with Crippen LogP contribution in [0.2, 0.25) is 0 Å². The second-order valence-electron chi connectivity index (χ2n) is 6.81. The van der Waals surface area contributed by atoms with Crippen molar-refractivity contribution in [1.29, 1.82) is 0 Å². The van der Waals surface area contributed by atoms with Crippen LogP contribution in [0.4, 0.5) is 22.7 Å². The fourth-order valence-corrected chi connectivity index (χ4v) is 3.52. The molecule has 1 aliphatic rings. The number of hydrogen-bond donors (Lipinski definition) is 4. The molecule has 0 saturated heterocycles. The Balaban J connectivity index is 1.52. The van der Waals surface area contributed by atoms with Gasteiger partial charge in [0.2, 0.25) is 0 Å². The van der Waals surface area contributed by atoms with E-state index in [0.717, 1.165) is 35.8 Å². The van der Waals surface area contributed by atoms with Crippen molar-refractivity contribution in [3.8, 4) is 0 Å². The molecule has 4 heteroatoms. The van der Waals surface area contributed by atoms with E-state index >= 15 is 0 Å². The van der Waals surface area contributed by atoms with E-state index in [4.69, 9.17) is 11.5 Å². The van der Waals surface area contributed by atoms with Crippen molar-refractivity contribution in [2.24, 2.45) is 11.8 Å². The zero-order valence-corrected chi connectivity index (χ0v) is 14.2. The van der Waals surface area contributed by atoms with E-state index in [0.29, 0.717) is 11.8 Å². The van der Waals surface area contributed by atoms with E-state index < -0.39 is 0 Å². The first kappa shape index (κ1) is 16.5. The van der Waals surface area contributed by atoms with Crippen LogP contribution >= 0.6 is 0 Å². The third kappa shape index (κ3) is 4.57. The summed E-state index contributed by atoms with van der Waals surface area (Å²) in [5.41, 5.74) is 15.4. The molecule has 24 heavy (non-hydrogen) atoms. The lowest BCUT2D eigenvalue weighted by molar-refractivity contribution is 0.260. The highest BCUT2D eigenvalue weighted by Crippen LogP contribution is 2.30. The topological polar surface area (TPSA) is 76.1 Å². The van der Waals surface area contributed by atoms with Gasteiger partial charge in [-0.05, 0) is 73.2 Å². The van der Waals surface area contributed by atoms with Crippen molar-refractivity contribution in [2.45, 2.75) is 25.7 Å². The highest BCUT2D eigenvalue weighted by atomic mass is 14.9. The van der Waals surface area contributed by atoms with Crippen molar-refractivity contribution in [3.63, 3.8) is 0 Å². The predicted molar refractivity (Wildman–Crippen MR) is 104 cm³/mol. The number of hydrogen-bond acceptors (Lipinski definition) is 4. The fraction of sp³-hybridized carbons (Fsp3) is 0.400. The minimum atomic E-state index is 0.706. The molecule has 4 nitrogen and oxygen atoms in total. The van der Waals surface area contributed by atoms with Crippen molar-refractivity contribution in [1.82, 2.24) is 0 Å². The average molecular weight is 324 g/mol. The van der Waals surface area contributed by atoms with Crippen molar-refractivity contribution in [2.75, 3.05) is 35.2 Å². The standard InChI is InChI=1S/C20H28N4/c21-17-5-9-19(10-6-17)23-13-15-3-1-2-4-16(15)14-24-20-11-7-18(22)8-12-20/h5-12,15-16,23-24H,1-4,13-14,21-22H2. The van der Waals surface area contributed by atoms with Crippen molar-refractivity contribution < 1.29 is 0 Å². The van der Waals surface area contributed by atoms with Crippen LogP contribution < -0.4 is 22.1 Å². The molecule has 2 aromatic carbocycles. The number of nitrogens with one attached hydrogen (secondary N) is 2. The maximum atomic E-state index is 5.75. The van der Waals surface area contributed by atoms with Gasteiger partial charge in [0, 0.05) is 35.8 Å². The maximum absolute atomic E-state index is 5.75. The van der Waals surface area contributed by atoms with Crippen LogP contribution in [-0.2, 0) is 0 Å². The molecule has 0 heterocycles. The first-order valence-corrected chi connectivity index (χ1v) is 8.89. The molecule has 1 saturated carbocycles. The van der Waals surface area contributed by atoms with Crippen LogP contribution in [0.3, 0.4) is 0 Å². The Morgan fingerprint density at radius 3 is 1.42 bits per heavy atom. The molecule has 0 amide bonds. The summed E-state index contributed by atoms with van der Waals surface area (Å²) in [4.78, 5) is 0. The summed E-state index contributed by atoms with van der Waals surface area (Å²) in [5, 5.41) is 7.15. The van der Waals surface area contributed by atoms with E-state index in [1.807, 2.05) is 24.3 Å². The lowest BCUT2D eigenvalue weighted by atomic mass is 9.79. The smallest absolute Gasteiger partial charge is 0.0341 e. The van der Waals surface area contributed by atoms with Gasteiger partial charge in [-0.1, -0.05) is 12.8 Å². The van der Waals surface area contributed by atoms with Crippen LogP contribution in [0.5, 0.6) is 0 Å². The quantitative estimate of drug-likeness (QED) is 0.601. The number of nitrogen functional groups attached to an aromatic ring is 2. The van der Waals surface area contributed by atoms with Crippen LogP contribution in [0, 0.1) is 11.8 Å². The van der Waals surface area contributed by atoms with E-state index in [9.17, 15) is 0 Å². The molecular weight excluding hydrogens is 296 g/mol. The Labute approximate surface area is 144 Å². The average Bonchev–Trinajstić information content (AvgIpc) is 2.61. The van der Waals surface area contributed by atoms with Crippen molar-refractivity contribution >= 4 is 22.7 Å². The Hall–Kier alpha value is -2.36. The number of benzene rings is 2. The van der Waals surface area contributed by atoms with Gasteiger partial charge in [-0.25, -0.2) is 0 Å². The third-order valence-corrected chi connectivity index (χ3v) is 5.02. The molecular formula is C20H28N4. The first-order valence-electron chi connectivity index (χ1n) is 8.89. The molecule has 2 atom stereocenters. The molecule has 128 valence electrons. The minimum absolute atomic E-state index is 0.706. The lowest BCUT2D eigenvalue weighted by Crippen LogP contribution is -2.31. The van der Waals surface area contributed by atoms with E-state index in [1.165, 1.54) is 25.7 Å². The molecule has 0 spiro atoms. The number of nitrogens with two attached hydrogens (primary N) is 2. The van der Waals surface area contributed by atoms with E-state index in [1.54, 1.807) is 0 Å². The van der Waals surface area contributed by atoms with E-state index in [2.05, 4.69) is 34.9 Å². The summed E-state index contributed by atoms with van der Waals surface area (Å²) in [6.07, 6.45) is 5.28. The SMILES string of the molecule is Nc1ccc(NCC2CCCCC2CNc2ccc(N)cc2)cc1. The van der Waals surface area contributed by atoms with Gasteiger partial charge in [0.15, 0.2) is 0 Å². The normalized spacial score (nSPS) is 20.5. The molecule has 3 rings (SSSR count). The molecule has 0 aliphatic heterocycles. The van der Waals surface area contributed by atoms with Gasteiger partial charge >= 0.3 is 0 Å². The Morgan fingerprint density at radius 1 is 0.667 bits per heavy atom. The molecule has 2 aromatic rings. The summed E-state index contributed by atoms with van der Waals surface area (Å²) >= 11 is 0. The fourth-order valence-electron chi connectivity index (χ4n) is 3.52.